The maximum Gasteiger partial charge on any atom is 0.282 e. The van der Waals surface area contributed by atoms with Crippen molar-refractivity contribution in [1.82, 2.24) is 4.72 Å². The van der Waals surface area contributed by atoms with Crippen molar-refractivity contribution < 1.29 is 18.5 Å². The van der Waals surface area contributed by atoms with Gasteiger partial charge < -0.3 is 10.6 Å². The topological polar surface area (TPSA) is 91.9 Å². The molecule has 0 aliphatic heterocycles. The summed E-state index contributed by atoms with van der Waals surface area (Å²) in [6.45, 7) is 5.45. The van der Waals surface area contributed by atoms with Crippen molar-refractivity contribution in [1.29, 1.82) is 0 Å². The van der Waals surface area contributed by atoms with E-state index in [9.17, 15) is 13.2 Å². The summed E-state index contributed by atoms with van der Waals surface area (Å²) < 4.78 is 27.0. The van der Waals surface area contributed by atoms with E-state index in [1.54, 1.807) is 26.0 Å². The summed E-state index contributed by atoms with van der Waals surface area (Å²) in [5.41, 5.74) is 3.29. The number of sulfonamides is 1. The second-order valence-corrected chi connectivity index (χ2v) is 9.68. The van der Waals surface area contributed by atoms with E-state index in [1.165, 1.54) is 23.3 Å². The molecule has 7 heteroatoms. The lowest BCUT2D eigenvalue weighted by molar-refractivity contribution is -0.714. The van der Waals surface area contributed by atoms with Crippen LogP contribution in [-0.2, 0) is 21.2 Å². The van der Waals surface area contributed by atoms with E-state index >= 15 is 0 Å². The number of benzene rings is 2. The molecule has 2 aromatic rings. The van der Waals surface area contributed by atoms with Crippen LogP contribution in [0.1, 0.15) is 50.8 Å². The van der Waals surface area contributed by atoms with Gasteiger partial charge in [0.15, 0.2) is 6.04 Å². The molecule has 0 saturated carbocycles. The van der Waals surface area contributed by atoms with Crippen LogP contribution in [0, 0.1) is 0 Å². The molecule has 2 aromatic carbocycles. The average molecular weight is 417 g/mol. The number of quaternary nitrogens is 1. The van der Waals surface area contributed by atoms with Crippen LogP contribution in [0.25, 0.3) is 0 Å². The Kier molecular flexibility index (Phi) is 6.72. The van der Waals surface area contributed by atoms with Crippen molar-refractivity contribution in [2.45, 2.75) is 63.1 Å². The maximum atomic E-state index is 12.7. The van der Waals surface area contributed by atoms with Crippen LogP contribution in [0.5, 0.6) is 0 Å². The first-order valence-corrected chi connectivity index (χ1v) is 11.6. The first kappa shape index (κ1) is 21.5. The predicted molar refractivity (Wildman–Crippen MR) is 114 cm³/mol. The number of aryl methyl sites for hydroxylation is 1. The molecule has 2 atom stereocenters. The van der Waals surface area contributed by atoms with E-state index in [1.807, 2.05) is 6.92 Å². The third kappa shape index (κ3) is 5.44. The summed E-state index contributed by atoms with van der Waals surface area (Å²) in [5, 5.41) is 5.01. The van der Waals surface area contributed by atoms with Crippen LogP contribution >= 0.6 is 0 Å². The molecule has 0 unspecified atom stereocenters. The molecule has 0 aromatic heterocycles. The first-order chi connectivity index (χ1) is 13.8. The van der Waals surface area contributed by atoms with Crippen LogP contribution in [0.4, 0.5) is 5.69 Å². The normalized spacial score (nSPS) is 17.6. The Morgan fingerprint density at radius 2 is 1.76 bits per heavy atom. The fraction of sp³-hybridized carbons (Fsp3) is 0.409. The largest absolute Gasteiger partial charge is 0.330 e. The van der Waals surface area contributed by atoms with Crippen molar-refractivity contribution in [3.05, 3.63) is 59.7 Å². The number of hydrogen-bond donors (Lipinski definition) is 3. The Balaban J connectivity index is 1.62. The molecule has 0 spiro atoms. The Hall–Kier alpha value is -2.22. The van der Waals surface area contributed by atoms with E-state index in [2.05, 4.69) is 39.6 Å². The summed E-state index contributed by atoms with van der Waals surface area (Å²) in [4.78, 5) is 12.8. The van der Waals surface area contributed by atoms with Gasteiger partial charge in [-0.15, -0.1) is 0 Å². The molecule has 0 bridgehead atoms. The van der Waals surface area contributed by atoms with Crippen molar-refractivity contribution in [2.24, 2.45) is 0 Å². The molecule has 4 N–H and O–H groups in total. The van der Waals surface area contributed by atoms with Crippen molar-refractivity contribution in [3.8, 4) is 0 Å². The highest BCUT2D eigenvalue weighted by molar-refractivity contribution is 7.89. The number of fused-ring (bicyclic) bond motifs is 1. The first-order valence-electron chi connectivity index (χ1n) is 10.1. The Morgan fingerprint density at radius 1 is 1.07 bits per heavy atom. The second-order valence-electron chi connectivity index (χ2n) is 7.97. The van der Waals surface area contributed by atoms with Crippen molar-refractivity contribution >= 4 is 21.6 Å². The summed E-state index contributed by atoms with van der Waals surface area (Å²) in [7, 11) is -3.54. The highest BCUT2D eigenvalue weighted by atomic mass is 32.2. The van der Waals surface area contributed by atoms with Crippen LogP contribution in [0.15, 0.2) is 53.4 Å². The van der Waals surface area contributed by atoms with E-state index in [4.69, 9.17) is 0 Å². The highest BCUT2D eigenvalue weighted by Crippen LogP contribution is 2.26. The monoisotopic (exact) mass is 416 g/mol. The van der Waals surface area contributed by atoms with Gasteiger partial charge in [-0.25, -0.2) is 13.1 Å². The van der Waals surface area contributed by atoms with Crippen LogP contribution in [0.3, 0.4) is 0 Å². The zero-order valence-corrected chi connectivity index (χ0v) is 18.0. The van der Waals surface area contributed by atoms with E-state index in [-0.39, 0.29) is 28.9 Å². The minimum Gasteiger partial charge on any atom is -0.330 e. The predicted octanol–water partition coefficient (Wildman–Crippen LogP) is 2.34. The van der Waals surface area contributed by atoms with Crippen LogP contribution < -0.4 is 15.4 Å². The molecule has 0 fully saturated rings. The third-order valence-corrected chi connectivity index (χ3v) is 6.85. The lowest BCUT2D eigenvalue weighted by Crippen LogP contribution is -2.92. The van der Waals surface area contributed by atoms with Crippen molar-refractivity contribution in [2.75, 3.05) is 5.32 Å². The number of amides is 1. The number of hydrogen-bond acceptors (Lipinski definition) is 3. The second kappa shape index (κ2) is 9.07. The Morgan fingerprint density at radius 3 is 2.45 bits per heavy atom. The number of rotatable bonds is 7. The zero-order valence-electron chi connectivity index (χ0n) is 17.2. The smallest absolute Gasteiger partial charge is 0.282 e. The SMILES string of the molecule is CC(C)NS(=O)(=O)c1ccc(NC(=O)[C@H](C)[NH2+][C@@H]2CCCc3ccccc32)cc1. The Bertz CT molecular complexity index is 956. The minimum absolute atomic E-state index is 0.0935. The van der Waals surface area contributed by atoms with Gasteiger partial charge in [0, 0.05) is 23.7 Å². The molecule has 156 valence electrons. The number of anilines is 1. The third-order valence-electron chi connectivity index (χ3n) is 5.17. The molecule has 1 amide bonds. The molecule has 0 radical (unpaired) electrons. The van der Waals surface area contributed by atoms with Gasteiger partial charge in [-0.05, 0) is 63.4 Å². The number of carbonyl (C=O) groups is 1. The summed E-state index contributed by atoms with van der Waals surface area (Å²) in [5.74, 6) is -0.0935. The number of nitrogens with two attached hydrogens (primary N) is 1. The number of nitrogens with one attached hydrogen (secondary N) is 2. The van der Waals surface area contributed by atoms with Gasteiger partial charge in [-0.3, -0.25) is 4.79 Å². The summed E-state index contributed by atoms with van der Waals surface area (Å²) in [6.07, 6.45) is 3.29. The molecule has 6 nitrogen and oxygen atoms in total. The summed E-state index contributed by atoms with van der Waals surface area (Å²) >= 11 is 0. The van der Waals surface area contributed by atoms with Crippen LogP contribution in [0.2, 0.25) is 0 Å². The molecular formula is C22H30N3O3S+. The van der Waals surface area contributed by atoms with E-state index in [0.717, 1.165) is 19.3 Å². The van der Waals surface area contributed by atoms with Gasteiger partial charge in [0.05, 0.1) is 4.90 Å². The van der Waals surface area contributed by atoms with E-state index < -0.39 is 10.0 Å². The van der Waals surface area contributed by atoms with Gasteiger partial charge >= 0.3 is 0 Å². The highest BCUT2D eigenvalue weighted by Gasteiger charge is 2.27. The van der Waals surface area contributed by atoms with Gasteiger partial charge in [-0.2, -0.15) is 0 Å². The quantitative estimate of drug-likeness (QED) is 0.647. The van der Waals surface area contributed by atoms with Gasteiger partial charge in [-0.1, -0.05) is 24.3 Å². The van der Waals surface area contributed by atoms with Gasteiger partial charge in [0.25, 0.3) is 5.91 Å². The molecule has 1 aliphatic rings. The molecular weight excluding hydrogens is 386 g/mol. The zero-order chi connectivity index (χ0) is 21.0. The van der Waals surface area contributed by atoms with E-state index in [0.29, 0.717) is 5.69 Å². The fourth-order valence-electron chi connectivity index (χ4n) is 3.78. The van der Waals surface area contributed by atoms with Crippen molar-refractivity contribution in [3.63, 3.8) is 0 Å². The molecule has 0 heterocycles. The molecule has 29 heavy (non-hydrogen) atoms. The fourth-order valence-corrected chi connectivity index (χ4v) is 5.03. The standard InChI is InChI=1S/C22H29N3O3S/c1-15(2)25-29(27,28)19-13-11-18(12-14-19)24-22(26)16(3)23-21-10-6-8-17-7-4-5-9-20(17)21/h4-5,7,9,11-16,21,23,25H,6,8,10H2,1-3H3,(H,24,26)/p+1/t16-,21+/m0/s1. The lowest BCUT2D eigenvalue weighted by atomic mass is 9.87. The average Bonchev–Trinajstić information content (AvgIpc) is 2.67. The maximum absolute atomic E-state index is 12.7. The Labute approximate surface area is 173 Å². The van der Waals surface area contributed by atoms with Gasteiger partial charge in [0.1, 0.15) is 6.04 Å². The molecule has 1 aliphatic carbocycles. The molecule has 3 rings (SSSR count). The molecule has 0 saturated heterocycles. The van der Waals surface area contributed by atoms with Gasteiger partial charge in [0.2, 0.25) is 10.0 Å². The minimum atomic E-state index is -3.54. The summed E-state index contributed by atoms with van der Waals surface area (Å²) in [6, 6.07) is 14.6. The van der Waals surface area contributed by atoms with Crippen LogP contribution in [-0.4, -0.2) is 26.4 Å². The lowest BCUT2D eigenvalue weighted by Gasteiger charge is -2.26. The number of carbonyl (C=O) groups excluding carboxylic acids is 1.